The molecule has 0 amide bonds. The van der Waals surface area contributed by atoms with Crippen molar-refractivity contribution in [2.45, 2.75) is 209 Å². The molecule has 135 heavy (non-hydrogen) atoms. The number of halogens is 1. The molecule has 27 heteroatoms. The fourth-order valence-electron chi connectivity index (χ4n) is 23.3. The fraction of sp³-hybridized carbons (Fsp3) is 0.398. The summed E-state index contributed by atoms with van der Waals surface area (Å²) >= 11 is 0. The maximum atomic E-state index is 13.6. The molecule has 10 heterocycles. The minimum Gasteiger partial charge on any atom is -0.481 e. The number of carbonyl (C=O) groups is 5. The number of Topliss-reactive ketones (excluding diaryl/α,β-unsaturated/α-hetero) is 5. The van der Waals surface area contributed by atoms with E-state index in [1.165, 1.54) is 12.3 Å². The first-order valence-corrected chi connectivity index (χ1v) is 45.9. The second-order valence-electron chi connectivity index (χ2n) is 38.5. The van der Waals surface area contributed by atoms with E-state index in [2.05, 4.69) is 81.8 Å². The number of rotatable bonds is 6. The summed E-state index contributed by atoms with van der Waals surface area (Å²) in [5.41, 5.74) is 20.1. The fourth-order valence-corrected chi connectivity index (χ4v) is 23.3. The predicted molar refractivity (Wildman–Crippen MR) is 506 cm³/mol. The maximum absolute atomic E-state index is 13.6. The number of aromatic nitrogens is 15. The summed E-state index contributed by atoms with van der Waals surface area (Å²) in [6.45, 7) is 71.3. The van der Waals surface area contributed by atoms with Crippen LogP contribution in [0.15, 0.2) is 157 Å². The number of pyridine rings is 5. The minimum absolute atomic E-state index is 0.0353. The van der Waals surface area contributed by atoms with Crippen molar-refractivity contribution in [3.05, 3.63) is 316 Å². The van der Waals surface area contributed by atoms with Crippen LogP contribution in [0, 0.1) is 146 Å². The molecule has 10 aliphatic carbocycles. The van der Waals surface area contributed by atoms with E-state index >= 15 is 0 Å². The lowest BCUT2D eigenvalue weighted by Crippen LogP contribution is -2.46. The van der Waals surface area contributed by atoms with Crippen LogP contribution in [0.25, 0.3) is 81.2 Å². The molecule has 0 spiro atoms. The van der Waals surface area contributed by atoms with Crippen molar-refractivity contribution in [2.24, 2.45) is 59.2 Å². The summed E-state index contributed by atoms with van der Waals surface area (Å²) in [5.74, 6) is 2.55. The first-order valence-electron chi connectivity index (χ1n) is 45.9. The Morgan fingerprint density at radius 1 is 0.341 bits per heavy atom. The highest BCUT2D eigenvalue weighted by atomic mass is 19.1. The summed E-state index contributed by atoms with van der Waals surface area (Å²) in [6.07, 6.45) is 29.8. The number of hydrogen-bond acceptors (Lipinski definition) is 21. The lowest BCUT2D eigenvalue weighted by atomic mass is 9.58. The molecule has 0 N–H and O–H groups in total. The number of carbonyl (C=O) groups excluding carboxylic acids is 5. The molecule has 26 nitrogen and oxygen atoms in total. The normalized spacial score (nSPS) is 26.6. The Bertz CT molecular complexity index is 6900. The molecule has 0 bridgehead atoms. The zero-order valence-electron chi connectivity index (χ0n) is 79.2. The van der Waals surface area contributed by atoms with Crippen LogP contribution in [0.4, 0.5) is 4.39 Å². The van der Waals surface area contributed by atoms with E-state index in [4.69, 9.17) is 82.5 Å². The van der Waals surface area contributed by atoms with Crippen molar-refractivity contribution in [1.82, 2.24) is 74.8 Å². The molecule has 15 atom stereocenters. The van der Waals surface area contributed by atoms with Gasteiger partial charge in [0.1, 0.15) is 0 Å². The largest absolute Gasteiger partial charge is 0.481 e. The number of aryl methyl sites for hydroxylation is 7. The van der Waals surface area contributed by atoms with E-state index in [1.807, 2.05) is 163 Å². The molecule has 0 radical (unpaired) electrons. The van der Waals surface area contributed by atoms with Crippen molar-refractivity contribution < 1.29 is 33.1 Å². The second kappa shape index (κ2) is 36.4. The molecule has 10 aromatic rings. The van der Waals surface area contributed by atoms with Crippen molar-refractivity contribution in [3.8, 4) is 62.8 Å². The Morgan fingerprint density at radius 3 is 0.919 bits per heavy atom. The topological polar surface area (TPSA) is 310 Å². The van der Waals surface area contributed by atoms with Gasteiger partial charge in [0, 0.05) is 174 Å². The number of ether oxygens (including phenoxy) is 1. The second-order valence-corrected chi connectivity index (χ2v) is 38.5. The van der Waals surface area contributed by atoms with Gasteiger partial charge in [-0.2, -0.15) is 4.39 Å². The van der Waals surface area contributed by atoms with Gasteiger partial charge in [-0.3, -0.25) is 15.0 Å². The average molecular weight is 1800 g/mol. The average Bonchev–Trinajstić information content (AvgIpc) is 0.744. The third kappa shape index (κ3) is 16.4. The van der Waals surface area contributed by atoms with Gasteiger partial charge in [-0.1, -0.05) is 99.6 Å². The van der Waals surface area contributed by atoms with E-state index in [-0.39, 0.29) is 117 Å². The Balaban J connectivity index is 0.000000123. The minimum atomic E-state index is -0.581. The molecular formula is C108H105FN20O6. The van der Waals surface area contributed by atoms with E-state index in [0.717, 1.165) is 182 Å². The lowest BCUT2D eigenvalue weighted by Gasteiger charge is -2.46. The van der Waals surface area contributed by atoms with Crippen LogP contribution in [0.1, 0.15) is 197 Å². The van der Waals surface area contributed by atoms with Crippen LogP contribution in [0.5, 0.6) is 5.88 Å². The summed E-state index contributed by atoms with van der Waals surface area (Å²) in [6, 6.07) is 16.3. The quantitative estimate of drug-likeness (QED) is 0.110. The van der Waals surface area contributed by atoms with E-state index in [9.17, 15) is 28.4 Å². The standard InChI is InChI=1S/C22H22N4O2.2C22H22N4O.C21H19FN4O.C21H20N4O/c1-12-16-7-6-15-13(2)25-21(14-8-9-24-18(10-14)28-5)26-20(15)22(16,3)11-17(23-4)19(12)27;1-12-11-24-9-8-15(12)21-25-14(3)16-6-7-17-13(2)19(27)18(23-5)10-22(17,4)20(16)26-21;1-12-10-15(8-9-24-12)21-25-14(3)16-6-7-17-13(2)19(27)18(23-5)11-22(17,4)20(16)26-21;1-11-15-6-5-14-12(2)25-20(13-7-8-24-17(22)9-13)26-19(14)21(15,3)10-16(23-4)18(11)27;1-12-16-6-5-15-13(2)24-20(14-7-9-23-10-8-14)25-19(15)21(16,3)11-17(22-4)18(12)26/h8-12,16H,6-7H2,1-3,5H3;2*8-11,13,17H,6-7H2,1-4H3;7-11,15H,5-6H2,1-3H3;7-12,16H,5-6H2,1-3H3/t12-,16-,22-;2*13-,17-,22-;11-,15-,21-;12-,16-,21-/m11111/s1. The maximum Gasteiger partial charge on any atom is 0.226 e. The molecule has 10 aliphatic rings. The Kier molecular flexibility index (Phi) is 25.2. The van der Waals surface area contributed by atoms with Crippen molar-refractivity contribution in [3.63, 3.8) is 0 Å². The predicted octanol–water partition coefficient (Wildman–Crippen LogP) is 19.2. The van der Waals surface area contributed by atoms with Crippen molar-refractivity contribution >= 4 is 28.9 Å². The lowest BCUT2D eigenvalue weighted by molar-refractivity contribution is -0.122. The number of ketones is 5. The van der Waals surface area contributed by atoms with Gasteiger partial charge in [-0.05, 0) is 218 Å². The Morgan fingerprint density at radius 2 is 0.615 bits per heavy atom. The van der Waals surface area contributed by atoms with Crippen LogP contribution in [-0.4, -0.2) is 111 Å². The number of nitrogens with zero attached hydrogens (tertiary/aromatic N) is 20. The molecule has 0 fully saturated rings. The van der Waals surface area contributed by atoms with Gasteiger partial charge < -0.3 is 28.7 Å². The van der Waals surface area contributed by atoms with Gasteiger partial charge in [0.25, 0.3) is 0 Å². The first-order chi connectivity index (χ1) is 64.4. The third-order valence-corrected chi connectivity index (χ3v) is 30.7. The molecule has 680 valence electrons. The monoisotopic (exact) mass is 1800 g/mol. The molecule has 0 saturated heterocycles. The summed E-state index contributed by atoms with van der Waals surface area (Å²) in [4.78, 5) is 149. The molecule has 0 aliphatic heterocycles. The Labute approximate surface area is 786 Å². The smallest absolute Gasteiger partial charge is 0.226 e. The zero-order chi connectivity index (χ0) is 96.6. The van der Waals surface area contributed by atoms with Gasteiger partial charge in [0.05, 0.1) is 68.4 Å². The molecule has 0 aromatic carbocycles. The SMILES string of the molecule is [C-]#[N+]C1=C[C@@]2(C)c3nc(-c4ccnc(C)c4)nc(C)c3CC[C@@H]2[C@@H](C)C1=O.[C-]#[N+]C1=C[C@@]2(C)c3nc(-c4ccnc(F)c4)nc(C)c3CC[C@@H]2[C@@H](C)C1=O.[C-]#[N+]C1=C[C@@]2(C)c3nc(-c4ccnc(OC)c4)nc(C)c3CC[C@@H]2[C@@H](C)C1=O.[C-]#[N+]C1=C[C@@]2(C)c3nc(-c4ccncc4)nc(C)c3CC[C@@H]2[C@@H](C)C1=O.[C-]#[N+]C1=C[C@@]2(C)c3nc(-c4ccncc4C)nc(C)c3CC[C@@H]2[C@@H](C)C1=O. The molecular weight excluding hydrogens is 1690 g/mol. The van der Waals surface area contributed by atoms with Gasteiger partial charge in [0.15, 0.2) is 58.0 Å². The van der Waals surface area contributed by atoms with Crippen LogP contribution < -0.4 is 4.74 Å². The molecule has 0 saturated carbocycles. The van der Waals surface area contributed by atoms with Crippen LogP contribution in [0.3, 0.4) is 0 Å². The van der Waals surface area contributed by atoms with Gasteiger partial charge in [-0.15, -0.1) is 0 Å². The summed E-state index contributed by atoms with van der Waals surface area (Å²) < 4.78 is 18.8. The number of allylic oxidation sites excluding steroid dienone is 10. The van der Waals surface area contributed by atoms with E-state index in [0.29, 0.717) is 40.6 Å². The van der Waals surface area contributed by atoms with Gasteiger partial charge in [0.2, 0.25) is 40.3 Å². The molecule has 20 rings (SSSR count). The Hall–Kier alpha value is -14.6. The van der Waals surface area contributed by atoms with Crippen molar-refractivity contribution in [2.75, 3.05) is 7.11 Å². The van der Waals surface area contributed by atoms with E-state index in [1.54, 1.807) is 50.2 Å². The van der Waals surface area contributed by atoms with Crippen LogP contribution in [0.2, 0.25) is 0 Å². The van der Waals surface area contributed by atoms with Crippen molar-refractivity contribution in [1.29, 1.82) is 0 Å². The molecule has 10 aromatic heterocycles. The third-order valence-electron chi connectivity index (χ3n) is 30.7. The number of fused-ring (bicyclic) bond motifs is 15. The number of hydrogen-bond donors (Lipinski definition) is 0. The zero-order valence-corrected chi connectivity index (χ0v) is 79.2. The van der Waals surface area contributed by atoms with Gasteiger partial charge >= 0.3 is 0 Å². The summed E-state index contributed by atoms with van der Waals surface area (Å²) in [5, 5.41) is 0. The van der Waals surface area contributed by atoms with E-state index < -0.39 is 33.0 Å². The highest BCUT2D eigenvalue weighted by Gasteiger charge is 2.55. The van der Waals surface area contributed by atoms with Crippen LogP contribution in [-0.2, 0) is 83.2 Å². The first kappa shape index (κ1) is 93.6. The van der Waals surface area contributed by atoms with Crippen LogP contribution >= 0.6 is 0 Å². The number of methoxy groups -OCH3 is 1. The molecule has 0 unspecified atom stereocenters. The highest BCUT2D eigenvalue weighted by Crippen LogP contribution is 2.57. The highest BCUT2D eigenvalue weighted by molar-refractivity contribution is 6.03. The van der Waals surface area contributed by atoms with Gasteiger partial charge in [-0.25, -0.2) is 84.0 Å². The summed E-state index contributed by atoms with van der Waals surface area (Å²) in [7, 11) is 1.58.